The van der Waals surface area contributed by atoms with Crippen LogP contribution in [0.3, 0.4) is 0 Å². The largest absolute Gasteiger partial charge is 0.378 e. The lowest BCUT2D eigenvalue weighted by Crippen LogP contribution is -2.68. The lowest BCUT2D eigenvalue weighted by atomic mass is 9.87. The Morgan fingerprint density at radius 3 is 2.46 bits per heavy atom. The molecular formula is C29H27N9O. The molecule has 8 heterocycles. The number of fused-ring (bicyclic) bond motifs is 3. The summed E-state index contributed by atoms with van der Waals surface area (Å²) in [5.74, 6) is 0.975. The Morgan fingerprint density at radius 2 is 1.77 bits per heavy atom. The molecule has 2 unspecified atom stereocenters. The van der Waals surface area contributed by atoms with E-state index in [1.807, 2.05) is 29.2 Å². The minimum absolute atomic E-state index is 0.453. The molecule has 39 heavy (non-hydrogen) atoms. The molecule has 2 atom stereocenters. The molecule has 0 aliphatic carbocycles. The number of hydrogen-bond acceptors (Lipinski definition) is 9. The highest BCUT2D eigenvalue weighted by Crippen LogP contribution is 2.36. The Labute approximate surface area is 226 Å². The number of nitriles is 2. The lowest BCUT2D eigenvalue weighted by Gasteiger charge is -2.56. The SMILES string of the molecule is N#Cc1ccc(CN2C3CC2CN(c2ccc(-c4cc(N5CCOCC5)cn5ncc(C#N)c45)cn2)C3)cn1. The zero-order chi connectivity index (χ0) is 26.3. The Hall–Kier alpha value is -4.51. The van der Waals surface area contributed by atoms with Gasteiger partial charge in [-0.05, 0) is 36.2 Å². The van der Waals surface area contributed by atoms with E-state index in [0.717, 1.165) is 66.4 Å². The minimum atomic E-state index is 0.453. The summed E-state index contributed by atoms with van der Waals surface area (Å²) in [7, 11) is 0. The standard InChI is InChI=1S/C29H27N9O/c30-11-22-15-34-38-19-24(35-5-7-39-8-6-35)10-27(29(22)38)21-2-4-28(33-14-21)36-17-25-9-26(18-36)37(25)16-20-1-3-23(12-31)32-13-20/h1-4,10,13-15,19,25-26H,5-9,16-18H2. The summed E-state index contributed by atoms with van der Waals surface area (Å²) >= 11 is 0. The van der Waals surface area contributed by atoms with Crippen molar-refractivity contribution in [3.63, 3.8) is 0 Å². The number of ether oxygens (including phenoxy) is 1. The fraction of sp³-hybridized carbons (Fsp3) is 0.345. The normalized spacial score (nSPS) is 20.9. The highest BCUT2D eigenvalue weighted by Gasteiger charge is 2.44. The van der Waals surface area contributed by atoms with Gasteiger partial charge in [-0.15, -0.1) is 0 Å². The number of anilines is 2. The van der Waals surface area contributed by atoms with Crippen molar-refractivity contribution in [1.82, 2.24) is 24.5 Å². The van der Waals surface area contributed by atoms with Crippen LogP contribution in [-0.4, -0.2) is 76.0 Å². The van der Waals surface area contributed by atoms with Crippen molar-refractivity contribution in [3.8, 4) is 23.3 Å². The van der Waals surface area contributed by atoms with Crippen LogP contribution in [0.4, 0.5) is 11.5 Å². The van der Waals surface area contributed by atoms with E-state index in [9.17, 15) is 5.26 Å². The van der Waals surface area contributed by atoms with E-state index in [4.69, 9.17) is 15.0 Å². The van der Waals surface area contributed by atoms with E-state index in [0.29, 0.717) is 36.6 Å². The third-order valence-corrected chi connectivity index (χ3v) is 8.13. The van der Waals surface area contributed by atoms with Crippen molar-refractivity contribution in [1.29, 1.82) is 10.5 Å². The van der Waals surface area contributed by atoms with Crippen LogP contribution in [-0.2, 0) is 11.3 Å². The summed E-state index contributed by atoms with van der Waals surface area (Å²) in [6.07, 6.45) is 8.55. The maximum atomic E-state index is 9.72. The zero-order valence-corrected chi connectivity index (χ0v) is 21.4. The van der Waals surface area contributed by atoms with Crippen LogP contribution in [0.1, 0.15) is 23.2 Å². The molecule has 10 nitrogen and oxygen atoms in total. The van der Waals surface area contributed by atoms with Crippen LogP contribution in [0.5, 0.6) is 0 Å². The first-order chi connectivity index (χ1) is 19.2. The van der Waals surface area contributed by atoms with Crippen molar-refractivity contribution >= 4 is 17.0 Å². The van der Waals surface area contributed by atoms with Crippen LogP contribution < -0.4 is 9.80 Å². The highest BCUT2D eigenvalue weighted by atomic mass is 16.5. The number of nitrogens with zero attached hydrogens (tertiary/aromatic N) is 9. The van der Waals surface area contributed by atoms with Gasteiger partial charge in [-0.25, -0.2) is 14.5 Å². The first-order valence-electron chi connectivity index (χ1n) is 13.3. The number of hydrogen-bond donors (Lipinski definition) is 0. The van der Waals surface area contributed by atoms with Crippen molar-refractivity contribution < 1.29 is 4.74 Å². The van der Waals surface area contributed by atoms with E-state index >= 15 is 0 Å². The second-order valence-electron chi connectivity index (χ2n) is 10.4. The van der Waals surface area contributed by atoms with Crippen LogP contribution >= 0.6 is 0 Å². The van der Waals surface area contributed by atoms with Crippen LogP contribution in [0.2, 0.25) is 0 Å². The number of morpholine rings is 1. The molecular weight excluding hydrogens is 490 g/mol. The van der Waals surface area contributed by atoms with Crippen LogP contribution in [0.15, 0.2) is 55.1 Å². The van der Waals surface area contributed by atoms with Gasteiger partial charge in [0.05, 0.1) is 42.4 Å². The van der Waals surface area contributed by atoms with Crippen molar-refractivity contribution in [3.05, 3.63) is 71.9 Å². The highest BCUT2D eigenvalue weighted by molar-refractivity contribution is 5.86. The molecule has 2 bridgehead atoms. The molecule has 4 fully saturated rings. The summed E-state index contributed by atoms with van der Waals surface area (Å²) in [5.41, 5.74) is 5.93. The predicted molar refractivity (Wildman–Crippen MR) is 145 cm³/mol. The van der Waals surface area contributed by atoms with Gasteiger partial charge in [-0.2, -0.15) is 15.6 Å². The summed E-state index contributed by atoms with van der Waals surface area (Å²) in [6.45, 7) is 5.78. The Balaban J connectivity index is 1.11. The van der Waals surface area contributed by atoms with Gasteiger partial charge in [-0.3, -0.25) is 4.90 Å². The molecule has 0 saturated carbocycles. The van der Waals surface area contributed by atoms with Gasteiger partial charge in [0.25, 0.3) is 0 Å². The molecule has 8 rings (SSSR count). The molecule has 0 aromatic carbocycles. The summed E-state index contributed by atoms with van der Waals surface area (Å²) in [4.78, 5) is 16.3. The van der Waals surface area contributed by atoms with Crippen molar-refractivity contribution in [2.24, 2.45) is 0 Å². The maximum Gasteiger partial charge on any atom is 0.140 e. The average Bonchev–Trinajstić information content (AvgIpc) is 3.43. The van der Waals surface area contributed by atoms with Crippen molar-refractivity contribution in [2.45, 2.75) is 25.0 Å². The first-order valence-corrected chi connectivity index (χ1v) is 13.3. The van der Waals surface area contributed by atoms with Gasteiger partial charge < -0.3 is 14.5 Å². The van der Waals surface area contributed by atoms with E-state index in [1.54, 1.807) is 12.3 Å². The second-order valence-corrected chi connectivity index (χ2v) is 10.4. The summed E-state index contributed by atoms with van der Waals surface area (Å²) in [5, 5.41) is 23.2. The number of rotatable bonds is 5. The number of aromatic nitrogens is 4. The topological polar surface area (TPSA) is 110 Å². The predicted octanol–water partition coefficient (Wildman–Crippen LogP) is 2.83. The third-order valence-electron chi connectivity index (χ3n) is 8.13. The van der Waals surface area contributed by atoms with Gasteiger partial charge in [-0.1, -0.05) is 6.07 Å². The lowest BCUT2D eigenvalue weighted by molar-refractivity contribution is -0.00875. The third kappa shape index (κ3) is 4.24. The fourth-order valence-electron chi connectivity index (χ4n) is 6.06. The number of pyridine rings is 3. The van der Waals surface area contributed by atoms with Crippen LogP contribution in [0, 0.1) is 22.7 Å². The summed E-state index contributed by atoms with van der Waals surface area (Å²) < 4.78 is 7.34. The van der Waals surface area contributed by atoms with E-state index in [2.05, 4.69) is 55.1 Å². The minimum Gasteiger partial charge on any atom is -0.378 e. The second kappa shape index (κ2) is 9.66. The van der Waals surface area contributed by atoms with Gasteiger partial charge in [0.15, 0.2) is 0 Å². The van der Waals surface area contributed by atoms with Gasteiger partial charge in [0.2, 0.25) is 0 Å². The molecule has 0 spiro atoms. The zero-order valence-electron chi connectivity index (χ0n) is 21.4. The molecule has 4 aromatic rings. The maximum absolute atomic E-state index is 9.72. The molecule has 4 aromatic heterocycles. The molecule has 0 radical (unpaired) electrons. The van der Waals surface area contributed by atoms with E-state index in [1.165, 1.54) is 6.42 Å². The average molecular weight is 518 g/mol. The Bertz CT molecular complexity index is 1580. The number of piperidine rings is 1. The fourth-order valence-corrected chi connectivity index (χ4v) is 6.06. The van der Waals surface area contributed by atoms with E-state index < -0.39 is 0 Å². The molecule has 4 saturated heterocycles. The monoisotopic (exact) mass is 517 g/mol. The number of piperazine rings is 1. The molecule has 4 aliphatic heterocycles. The Morgan fingerprint density at radius 1 is 0.923 bits per heavy atom. The molecule has 0 N–H and O–H groups in total. The Kier molecular flexibility index (Phi) is 5.85. The summed E-state index contributed by atoms with van der Waals surface area (Å²) in [6, 6.07) is 15.5. The quantitative estimate of drug-likeness (QED) is 0.395. The molecule has 4 aliphatic rings. The van der Waals surface area contributed by atoms with E-state index in [-0.39, 0.29) is 0 Å². The van der Waals surface area contributed by atoms with Crippen LogP contribution in [0.25, 0.3) is 16.6 Å². The smallest absolute Gasteiger partial charge is 0.140 e. The molecule has 0 amide bonds. The molecule has 194 valence electrons. The molecule has 10 heteroatoms. The van der Waals surface area contributed by atoms with Crippen molar-refractivity contribution in [2.75, 3.05) is 49.2 Å². The van der Waals surface area contributed by atoms with Gasteiger partial charge >= 0.3 is 0 Å². The van der Waals surface area contributed by atoms with Gasteiger partial charge in [0.1, 0.15) is 23.7 Å². The first kappa shape index (κ1) is 23.6. The van der Waals surface area contributed by atoms with Gasteiger partial charge in [0, 0.05) is 68.3 Å².